The summed E-state index contributed by atoms with van der Waals surface area (Å²) in [6.07, 6.45) is 0.669. The van der Waals surface area contributed by atoms with Crippen molar-refractivity contribution in [2.24, 2.45) is 5.73 Å². The summed E-state index contributed by atoms with van der Waals surface area (Å²) in [5, 5.41) is 3.00. The SMILES string of the molecule is Cl.NCCCC(=O)NC1(c2cccc(C(F)(F)F)c2)CCCCC1. The standard InChI is InChI=1S/C17H23F3N2O.ClH/c18-17(19,20)14-7-4-6-13(12-14)16(9-2-1-3-10-16)22-15(23)8-5-11-21;/h4,6-7,12H,1-3,5,8-11,21H2,(H,22,23);1H. The number of amides is 1. The molecule has 0 spiro atoms. The number of carbonyl (C=O) groups excluding carboxylic acids is 1. The average Bonchev–Trinajstić information content (AvgIpc) is 2.53. The van der Waals surface area contributed by atoms with Gasteiger partial charge in [0.25, 0.3) is 0 Å². The van der Waals surface area contributed by atoms with E-state index in [1.54, 1.807) is 6.07 Å². The minimum atomic E-state index is -4.38. The van der Waals surface area contributed by atoms with Gasteiger partial charge < -0.3 is 11.1 Å². The zero-order chi connectivity index (χ0) is 16.9. The Balaban J connectivity index is 0.00000288. The van der Waals surface area contributed by atoms with Crippen LogP contribution in [-0.2, 0) is 16.5 Å². The summed E-state index contributed by atoms with van der Waals surface area (Å²) in [5.41, 5.74) is 4.61. The highest BCUT2D eigenvalue weighted by Gasteiger charge is 2.37. The molecule has 1 aliphatic carbocycles. The minimum Gasteiger partial charge on any atom is -0.347 e. The van der Waals surface area contributed by atoms with Crippen LogP contribution in [0.3, 0.4) is 0 Å². The van der Waals surface area contributed by atoms with Crippen molar-refractivity contribution in [1.82, 2.24) is 5.32 Å². The fourth-order valence-corrected chi connectivity index (χ4v) is 3.23. The third-order valence-electron chi connectivity index (χ3n) is 4.44. The molecule has 0 unspecified atom stereocenters. The van der Waals surface area contributed by atoms with Gasteiger partial charge in [-0.2, -0.15) is 13.2 Å². The van der Waals surface area contributed by atoms with Crippen LogP contribution in [0.4, 0.5) is 13.2 Å². The first-order chi connectivity index (χ1) is 10.9. The van der Waals surface area contributed by atoms with E-state index < -0.39 is 17.3 Å². The summed E-state index contributed by atoms with van der Waals surface area (Å²) in [4.78, 5) is 12.1. The van der Waals surface area contributed by atoms with E-state index in [9.17, 15) is 18.0 Å². The van der Waals surface area contributed by atoms with E-state index in [1.165, 1.54) is 12.1 Å². The fraction of sp³-hybridized carbons (Fsp3) is 0.588. The topological polar surface area (TPSA) is 55.1 Å². The van der Waals surface area contributed by atoms with Crippen molar-refractivity contribution < 1.29 is 18.0 Å². The molecule has 1 aliphatic rings. The highest BCUT2D eigenvalue weighted by Crippen LogP contribution is 2.39. The quantitative estimate of drug-likeness (QED) is 0.825. The number of alkyl halides is 3. The maximum absolute atomic E-state index is 13.0. The number of halogens is 4. The van der Waals surface area contributed by atoms with Gasteiger partial charge in [0, 0.05) is 6.42 Å². The van der Waals surface area contributed by atoms with Gasteiger partial charge in [0.1, 0.15) is 0 Å². The summed E-state index contributed by atoms with van der Waals surface area (Å²) < 4.78 is 39.0. The van der Waals surface area contributed by atoms with Crippen molar-refractivity contribution in [1.29, 1.82) is 0 Å². The van der Waals surface area contributed by atoms with Gasteiger partial charge >= 0.3 is 6.18 Å². The third kappa shape index (κ3) is 5.11. The first-order valence-corrected chi connectivity index (χ1v) is 8.06. The molecular formula is C17H24ClF3N2O. The zero-order valence-corrected chi connectivity index (χ0v) is 14.3. The van der Waals surface area contributed by atoms with Gasteiger partial charge in [0.05, 0.1) is 11.1 Å². The third-order valence-corrected chi connectivity index (χ3v) is 4.44. The molecule has 136 valence electrons. The lowest BCUT2D eigenvalue weighted by atomic mass is 9.76. The second kappa shape index (κ2) is 8.72. The Labute approximate surface area is 146 Å². The average molecular weight is 365 g/mol. The lowest BCUT2D eigenvalue weighted by Gasteiger charge is -2.39. The lowest BCUT2D eigenvalue weighted by Crippen LogP contribution is -2.47. The molecule has 0 radical (unpaired) electrons. The molecule has 24 heavy (non-hydrogen) atoms. The first kappa shape index (κ1) is 20.8. The molecule has 1 aromatic rings. The Morgan fingerprint density at radius 2 is 1.88 bits per heavy atom. The smallest absolute Gasteiger partial charge is 0.347 e. The van der Waals surface area contributed by atoms with Crippen molar-refractivity contribution in [3.63, 3.8) is 0 Å². The van der Waals surface area contributed by atoms with Crippen LogP contribution in [0.5, 0.6) is 0 Å². The van der Waals surface area contributed by atoms with Crippen LogP contribution in [0.25, 0.3) is 0 Å². The van der Waals surface area contributed by atoms with E-state index >= 15 is 0 Å². The second-order valence-corrected chi connectivity index (χ2v) is 6.16. The molecule has 1 fully saturated rings. The highest BCUT2D eigenvalue weighted by molar-refractivity contribution is 5.85. The zero-order valence-electron chi connectivity index (χ0n) is 13.5. The predicted octanol–water partition coefficient (Wildman–Crippen LogP) is 4.14. The summed E-state index contributed by atoms with van der Waals surface area (Å²) in [5.74, 6) is -0.144. The van der Waals surface area contributed by atoms with Gasteiger partial charge in [0.15, 0.2) is 0 Å². The first-order valence-electron chi connectivity index (χ1n) is 8.06. The van der Waals surface area contributed by atoms with E-state index in [-0.39, 0.29) is 18.3 Å². The van der Waals surface area contributed by atoms with Crippen molar-refractivity contribution in [2.45, 2.75) is 56.7 Å². The molecule has 1 saturated carbocycles. The van der Waals surface area contributed by atoms with Crippen LogP contribution >= 0.6 is 12.4 Å². The Kier molecular flexibility index (Phi) is 7.55. The van der Waals surface area contributed by atoms with Gasteiger partial charge in [-0.3, -0.25) is 4.79 Å². The second-order valence-electron chi connectivity index (χ2n) is 6.16. The normalized spacial score (nSPS) is 17.0. The summed E-state index contributed by atoms with van der Waals surface area (Å²) in [7, 11) is 0. The maximum atomic E-state index is 13.0. The van der Waals surface area contributed by atoms with Crippen molar-refractivity contribution in [3.8, 4) is 0 Å². The Bertz CT molecular complexity index is 543. The Morgan fingerprint density at radius 1 is 1.21 bits per heavy atom. The van der Waals surface area contributed by atoms with Crippen LogP contribution in [0.1, 0.15) is 56.1 Å². The van der Waals surface area contributed by atoms with E-state index in [0.717, 1.165) is 25.3 Å². The van der Waals surface area contributed by atoms with Crippen LogP contribution in [0.2, 0.25) is 0 Å². The largest absolute Gasteiger partial charge is 0.416 e. The molecule has 3 N–H and O–H groups in total. The molecule has 0 atom stereocenters. The molecule has 0 aliphatic heterocycles. The van der Waals surface area contributed by atoms with Crippen LogP contribution in [0.15, 0.2) is 24.3 Å². The fourth-order valence-electron chi connectivity index (χ4n) is 3.23. The predicted molar refractivity (Wildman–Crippen MR) is 89.9 cm³/mol. The number of carbonyl (C=O) groups is 1. The molecule has 0 bridgehead atoms. The van der Waals surface area contributed by atoms with E-state index in [0.29, 0.717) is 37.8 Å². The van der Waals surface area contributed by atoms with Crippen molar-refractivity contribution in [3.05, 3.63) is 35.4 Å². The molecule has 1 amide bonds. The van der Waals surface area contributed by atoms with Crippen molar-refractivity contribution >= 4 is 18.3 Å². The molecule has 3 nitrogen and oxygen atoms in total. The van der Waals surface area contributed by atoms with E-state index in [1.807, 2.05) is 0 Å². The number of rotatable bonds is 5. The molecule has 0 saturated heterocycles. The molecule has 0 heterocycles. The molecule has 1 aromatic carbocycles. The van der Waals surface area contributed by atoms with E-state index in [2.05, 4.69) is 5.32 Å². The summed E-state index contributed by atoms with van der Waals surface area (Å²) in [6.45, 7) is 0.421. The summed E-state index contributed by atoms with van der Waals surface area (Å²) >= 11 is 0. The number of benzene rings is 1. The highest BCUT2D eigenvalue weighted by atomic mass is 35.5. The van der Waals surface area contributed by atoms with Gasteiger partial charge in [-0.15, -0.1) is 12.4 Å². The van der Waals surface area contributed by atoms with Crippen molar-refractivity contribution in [2.75, 3.05) is 6.54 Å². The van der Waals surface area contributed by atoms with Crippen LogP contribution in [-0.4, -0.2) is 12.5 Å². The number of nitrogens with one attached hydrogen (secondary N) is 1. The lowest BCUT2D eigenvalue weighted by molar-refractivity contribution is -0.137. The molecule has 2 rings (SSSR count). The van der Waals surface area contributed by atoms with Crippen LogP contribution in [0, 0.1) is 0 Å². The molecular weight excluding hydrogens is 341 g/mol. The monoisotopic (exact) mass is 364 g/mol. The Hall–Kier alpha value is -1.27. The van der Waals surface area contributed by atoms with E-state index in [4.69, 9.17) is 5.73 Å². The number of hydrogen-bond donors (Lipinski definition) is 2. The Morgan fingerprint density at radius 3 is 2.46 bits per heavy atom. The maximum Gasteiger partial charge on any atom is 0.416 e. The van der Waals surface area contributed by atoms with Gasteiger partial charge in [-0.1, -0.05) is 31.4 Å². The van der Waals surface area contributed by atoms with Gasteiger partial charge in [-0.05, 0) is 43.5 Å². The molecule has 7 heteroatoms. The number of nitrogens with two attached hydrogens (primary N) is 1. The van der Waals surface area contributed by atoms with Crippen LogP contribution < -0.4 is 11.1 Å². The van der Waals surface area contributed by atoms with Gasteiger partial charge in [0.2, 0.25) is 5.91 Å². The van der Waals surface area contributed by atoms with Gasteiger partial charge in [-0.25, -0.2) is 0 Å². The molecule has 0 aromatic heterocycles. The number of hydrogen-bond acceptors (Lipinski definition) is 2. The summed E-state index contributed by atoms with van der Waals surface area (Å²) in [6, 6.07) is 5.34. The minimum absolute atomic E-state index is 0.